The molecule has 2 amide bonds. The van der Waals surface area contributed by atoms with Crippen LogP contribution in [0.3, 0.4) is 0 Å². The number of aryl methyl sites for hydroxylation is 1. The molecule has 0 saturated heterocycles. The zero-order valence-corrected chi connectivity index (χ0v) is 16.1. The van der Waals surface area contributed by atoms with Gasteiger partial charge < -0.3 is 10.1 Å². The van der Waals surface area contributed by atoms with Gasteiger partial charge in [0.2, 0.25) is 5.91 Å². The second kappa shape index (κ2) is 6.87. The summed E-state index contributed by atoms with van der Waals surface area (Å²) in [6.07, 6.45) is 2.17. The predicted molar refractivity (Wildman–Crippen MR) is 104 cm³/mol. The van der Waals surface area contributed by atoms with Gasteiger partial charge in [0.15, 0.2) is 6.10 Å². The molecule has 1 N–H and O–H groups in total. The van der Waals surface area contributed by atoms with Gasteiger partial charge in [-0.2, -0.15) is 5.26 Å². The fourth-order valence-corrected chi connectivity index (χ4v) is 4.89. The van der Waals surface area contributed by atoms with Crippen LogP contribution >= 0.6 is 22.9 Å². The minimum Gasteiger partial charge on any atom is -0.479 e. The van der Waals surface area contributed by atoms with E-state index in [4.69, 9.17) is 16.3 Å². The summed E-state index contributed by atoms with van der Waals surface area (Å²) >= 11 is 7.50. The van der Waals surface area contributed by atoms with Gasteiger partial charge in [0.1, 0.15) is 23.4 Å². The molecule has 27 heavy (non-hydrogen) atoms. The molecule has 2 heterocycles. The van der Waals surface area contributed by atoms with E-state index in [9.17, 15) is 14.9 Å². The molecule has 6 nitrogen and oxygen atoms in total. The van der Waals surface area contributed by atoms with E-state index in [0.717, 1.165) is 29.7 Å². The standard InChI is InChI=1S/C19H16ClN3O3S/c1-10-19(25)23(14-7-11(20)5-6-15(14)26-10)9-17(24)22-18-13(8-21)12-3-2-4-16(12)27-18/h5-7,10H,2-4,9H2,1H3,(H,22,24). The molecule has 0 radical (unpaired) electrons. The summed E-state index contributed by atoms with van der Waals surface area (Å²) in [5, 5.41) is 13.3. The van der Waals surface area contributed by atoms with E-state index in [1.54, 1.807) is 25.1 Å². The number of fused-ring (bicyclic) bond motifs is 2. The number of carbonyl (C=O) groups is 2. The lowest BCUT2D eigenvalue weighted by Gasteiger charge is -2.32. The van der Waals surface area contributed by atoms with Crippen LogP contribution in [-0.4, -0.2) is 24.5 Å². The second-order valence-corrected chi connectivity index (χ2v) is 8.06. The Morgan fingerprint density at radius 1 is 1.48 bits per heavy atom. The molecular weight excluding hydrogens is 386 g/mol. The molecule has 1 unspecified atom stereocenters. The number of amides is 2. The Balaban J connectivity index is 1.58. The van der Waals surface area contributed by atoms with Crippen molar-refractivity contribution >= 4 is 45.4 Å². The first-order chi connectivity index (χ1) is 13.0. The smallest absolute Gasteiger partial charge is 0.268 e. The molecule has 1 aromatic carbocycles. The van der Waals surface area contributed by atoms with Gasteiger partial charge in [0, 0.05) is 9.90 Å². The minimum absolute atomic E-state index is 0.173. The average Bonchev–Trinajstić information content (AvgIpc) is 3.20. The first-order valence-electron chi connectivity index (χ1n) is 8.60. The van der Waals surface area contributed by atoms with Gasteiger partial charge in [0.05, 0.1) is 11.3 Å². The highest BCUT2D eigenvalue weighted by Gasteiger charge is 2.33. The highest BCUT2D eigenvalue weighted by atomic mass is 35.5. The predicted octanol–water partition coefficient (Wildman–Crippen LogP) is 3.51. The van der Waals surface area contributed by atoms with Crippen LogP contribution in [0.25, 0.3) is 0 Å². The summed E-state index contributed by atoms with van der Waals surface area (Å²) in [5.41, 5.74) is 2.06. The maximum absolute atomic E-state index is 12.6. The Bertz CT molecular complexity index is 995. The number of hydrogen-bond acceptors (Lipinski definition) is 5. The quantitative estimate of drug-likeness (QED) is 0.853. The number of nitrogens with zero attached hydrogens (tertiary/aromatic N) is 2. The van der Waals surface area contributed by atoms with E-state index in [1.807, 2.05) is 0 Å². The number of benzene rings is 1. The summed E-state index contributed by atoms with van der Waals surface area (Å²) in [6.45, 7) is 1.47. The molecule has 4 rings (SSSR count). The molecule has 0 spiro atoms. The van der Waals surface area contributed by atoms with Crippen molar-refractivity contribution in [2.75, 3.05) is 16.8 Å². The fraction of sp³-hybridized carbons (Fsp3) is 0.316. The van der Waals surface area contributed by atoms with Gasteiger partial charge in [-0.05, 0) is 49.9 Å². The van der Waals surface area contributed by atoms with Crippen LogP contribution in [0.1, 0.15) is 29.3 Å². The summed E-state index contributed by atoms with van der Waals surface area (Å²) < 4.78 is 5.58. The van der Waals surface area contributed by atoms with Gasteiger partial charge in [-0.25, -0.2) is 0 Å². The van der Waals surface area contributed by atoms with E-state index >= 15 is 0 Å². The maximum atomic E-state index is 12.6. The number of halogens is 1. The van der Waals surface area contributed by atoms with Crippen molar-refractivity contribution in [2.45, 2.75) is 32.3 Å². The molecule has 1 atom stereocenters. The Labute approximate surface area is 165 Å². The molecule has 2 aromatic rings. The van der Waals surface area contributed by atoms with E-state index in [-0.39, 0.29) is 18.4 Å². The second-order valence-electron chi connectivity index (χ2n) is 6.52. The highest BCUT2D eigenvalue weighted by molar-refractivity contribution is 7.16. The van der Waals surface area contributed by atoms with Crippen LogP contribution in [0.4, 0.5) is 10.7 Å². The van der Waals surface area contributed by atoms with Crippen LogP contribution < -0.4 is 15.0 Å². The van der Waals surface area contributed by atoms with Gasteiger partial charge in [-0.15, -0.1) is 11.3 Å². The SMILES string of the molecule is CC1Oc2ccc(Cl)cc2N(CC(=O)Nc2sc3c(c2C#N)CCC3)C1=O. The summed E-state index contributed by atoms with van der Waals surface area (Å²) in [4.78, 5) is 27.7. The first kappa shape index (κ1) is 17.8. The zero-order chi connectivity index (χ0) is 19.1. The Hall–Kier alpha value is -2.56. The van der Waals surface area contributed by atoms with E-state index < -0.39 is 6.10 Å². The number of anilines is 2. The van der Waals surface area contributed by atoms with Crippen molar-refractivity contribution in [3.8, 4) is 11.8 Å². The minimum atomic E-state index is -0.688. The van der Waals surface area contributed by atoms with Gasteiger partial charge >= 0.3 is 0 Å². The molecule has 2 aliphatic rings. The number of carbonyl (C=O) groups excluding carboxylic acids is 2. The van der Waals surface area contributed by atoms with E-state index in [0.29, 0.717) is 27.0 Å². The van der Waals surface area contributed by atoms with Gasteiger partial charge in [0.25, 0.3) is 5.91 Å². The normalized spacial score (nSPS) is 17.7. The average molecular weight is 402 g/mol. The van der Waals surface area contributed by atoms with Crippen molar-refractivity contribution in [1.29, 1.82) is 5.26 Å². The number of ether oxygens (including phenoxy) is 1. The lowest BCUT2D eigenvalue weighted by atomic mass is 10.1. The van der Waals surface area contributed by atoms with Crippen molar-refractivity contribution in [2.24, 2.45) is 0 Å². The molecule has 0 saturated carbocycles. The number of thiophene rings is 1. The number of rotatable bonds is 3. The first-order valence-corrected chi connectivity index (χ1v) is 9.79. The Kier molecular flexibility index (Phi) is 4.54. The van der Waals surface area contributed by atoms with Crippen molar-refractivity contribution in [1.82, 2.24) is 0 Å². The van der Waals surface area contributed by atoms with Crippen molar-refractivity contribution in [3.05, 3.63) is 39.2 Å². The van der Waals surface area contributed by atoms with Crippen LogP contribution in [0.2, 0.25) is 5.02 Å². The van der Waals surface area contributed by atoms with E-state index in [2.05, 4.69) is 11.4 Å². The highest BCUT2D eigenvalue weighted by Crippen LogP contribution is 2.39. The van der Waals surface area contributed by atoms with Crippen LogP contribution in [0, 0.1) is 11.3 Å². The number of nitriles is 1. The molecule has 8 heteroatoms. The Morgan fingerprint density at radius 2 is 2.30 bits per heavy atom. The molecule has 1 aliphatic heterocycles. The fourth-order valence-electron chi connectivity index (χ4n) is 3.46. The lowest BCUT2D eigenvalue weighted by Crippen LogP contribution is -2.47. The van der Waals surface area contributed by atoms with Crippen LogP contribution in [0.5, 0.6) is 5.75 Å². The summed E-state index contributed by atoms with van der Waals surface area (Å²) in [5.74, 6) is -0.166. The van der Waals surface area contributed by atoms with Crippen LogP contribution in [0.15, 0.2) is 18.2 Å². The molecule has 1 aromatic heterocycles. The zero-order valence-electron chi connectivity index (χ0n) is 14.5. The third-order valence-electron chi connectivity index (χ3n) is 4.72. The molecular formula is C19H16ClN3O3S. The number of hydrogen-bond donors (Lipinski definition) is 1. The molecule has 0 bridgehead atoms. The lowest BCUT2D eigenvalue weighted by molar-refractivity contribution is -0.127. The maximum Gasteiger partial charge on any atom is 0.268 e. The topological polar surface area (TPSA) is 82.4 Å². The monoisotopic (exact) mass is 401 g/mol. The van der Waals surface area contributed by atoms with Crippen LogP contribution in [-0.2, 0) is 22.4 Å². The van der Waals surface area contributed by atoms with Gasteiger partial charge in [-0.3, -0.25) is 14.5 Å². The summed E-state index contributed by atoms with van der Waals surface area (Å²) in [7, 11) is 0. The van der Waals surface area contributed by atoms with Crippen molar-refractivity contribution in [3.63, 3.8) is 0 Å². The largest absolute Gasteiger partial charge is 0.479 e. The molecule has 1 aliphatic carbocycles. The van der Waals surface area contributed by atoms with E-state index in [1.165, 1.54) is 16.2 Å². The third kappa shape index (κ3) is 3.15. The molecule has 138 valence electrons. The Morgan fingerprint density at radius 3 is 3.07 bits per heavy atom. The molecule has 0 fully saturated rings. The van der Waals surface area contributed by atoms with Crippen molar-refractivity contribution < 1.29 is 14.3 Å². The van der Waals surface area contributed by atoms with Gasteiger partial charge in [-0.1, -0.05) is 11.6 Å². The third-order valence-corrected chi connectivity index (χ3v) is 6.16. The number of nitrogens with one attached hydrogen (secondary N) is 1. The summed E-state index contributed by atoms with van der Waals surface area (Å²) in [6, 6.07) is 7.16.